The molecule has 0 saturated heterocycles. The predicted molar refractivity (Wildman–Crippen MR) is 243 cm³/mol. The number of fused-ring (bicyclic) bond motifs is 8. The monoisotopic (exact) mass is 738 g/mol. The molecular formula is C56H34O2. The van der Waals surface area contributed by atoms with E-state index in [-0.39, 0.29) is 0 Å². The second kappa shape index (κ2) is 12.9. The molecule has 58 heavy (non-hydrogen) atoms. The van der Waals surface area contributed by atoms with Crippen LogP contribution in [0.1, 0.15) is 0 Å². The summed E-state index contributed by atoms with van der Waals surface area (Å²) < 4.78 is 13.1. The van der Waals surface area contributed by atoms with E-state index in [1.165, 1.54) is 43.8 Å². The lowest BCUT2D eigenvalue weighted by atomic mass is 9.88. The van der Waals surface area contributed by atoms with Gasteiger partial charge in [0.1, 0.15) is 22.3 Å². The predicted octanol–water partition coefficient (Wildman–Crippen LogP) is 16.1. The molecule has 2 heterocycles. The maximum Gasteiger partial charge on any atom is 0.136 e. The minimum absolute atomic E-state index is 0.857. The molecule has 0 radical (unpaired) electrons. The van der Waals surface area contributed by atoms with Gasteiger partial charge in [0.05, 0.1) is 0 Å². The zero-order valence-electron chi connectivity index (χ0n) is 31.4. The molecule has 0 saturated carbocycles. The van der Waals surface area contributed by atoms with Crippen molar-refractivity contribution >= 4 is 65.4 Å². The Morgan fingerprint density at radius 3 is 1.43 bits per heavy atom. The van der Waals surface area contributed by atoms with Gasteiger partial charge in [0.25, 0.3) is 0 Å². The molecular weight excluding hydrogens is 705 g/mol. The van der Waals surface area contributed by atoms with Gasteiger partial charge in [0.2, 0.25) is 0 Å². The highest BCUT2D eigenvalue weighted by Gasteiger charge is 2.20. The smallest absolute Gasteiger partial charge is 0.136 e. The zero-order valence-corrected chi connectivity index (χ0v) is 31.4. The van der Waals surface area contributed by atoms with Crippen LogP contribution < -0.4 is 0 Å². The highest BCUT2D eigenvalue weighted by atomic mass is 16.3. The fraction of sp³-hybridized carbons (Fsp3) is 0. The second-order valence-electron chi connectivity index (χ2n) is 15.3. The largest absolute Gasteiger partial charge is 0.456 e. The van der Waals surface area contributed by atoms with Crippen molar-refractivity contribution in [1.82, 2.24) is 0 Å². The number of para-hydroxylation sites is 2. The van der Waals surface area contributed by atoms with Crippen LogP contribution in [-0.2, 0) is 0 Å². The van der Waals surface area contributed by atoms with Crippen LogP contribution in [0.5, 0.6) is 0 Å². The summed E-state index contributed by atoms with van der Waals surface area (Å²) in [5.41, 5.74) is 15.0. The SMILES string of the molecule is c1ccc(-c2ccc3ccc(-c4cc(-c5ccc6ccccc6c5)cc(-c5cc(-c6cccc7oc8ccccc8c67)cc6oc7ccccc7c56)c4)cc3c2)cc1. The van der Waals surface area contributed by atoms with Crippen LogP contribution in [0.4, 0.5) is 0 Å². The molecule has 270 valence electrons. The van der Waals surface area contributed by atoms with E-state index in [4.69, 9.17) is 8.83 Å². The standard InChI is InChI=1S/C56H34O2/c1-2-11-35(12-3-1)39-24-22-37-23-26-41(29-42(37)28-39)44-30-43(40-25-21-36-13-4-5-14-38(36)27-40)31-45(32-44)50-33-46(34-54-56(50)49-16-7-9-19-52(49)58-54)47-17-10-20-53-55(47)48-15-6-8-18-51(48)57-53/h1-34H. The average molecular weight is 739 g/mol. The van der Waals surface area contributed by atoms with Crippen molar-refractivity contribution < 1.29 is 8.83 Å². The maximum absolute atomic E-state index is 6.71. The van der Waals surface area contributed by atoms with E-state index in [1.807, 2.05) is 18.2 Å². The summed E-state index contributed by atoms with van der Waals surface area (Å²) in [7, 11) is 0. The summed E-state index contributed by atoms with van der Waals surface area (Å²) in [4.78, 5) is 0. The molecule has 2 aromatic heterocycles. The van der Waals surface area contributed by atoms with Crippen molar-refractivity contribution in [2.45, 2.75) is 0 Å². The van der Waals surface area contributed by atoms with E-state index in [9.17, 15) is 0 Å². The van der Waals surface area contributed by atoms with E-state index in [0.717, 1.165) is 77.3 Å². The lowest BCUT2D eigenvalue weighted by molar-refractivity contribution is 0.668. The zero-order chi connectivity index (χ0) is 38.2. The van der Waals surface area contributed by atoms with Gasteiger partial charge in [-0.25, -0.2) is 0 Å². The molecule has 2 heteroatoms. The summed E-state index contributed by atoms with van der Waals surface area (Å²) in [6.07, 6.45) is 0. The fourth-order valence-corrected chi connectivity index (χ4v) is 8.97. The summed E-state index contributed by atoms with van der Waals surface area (Å²) in [5.74, 6) is 0. The Hall–Kier alpha value is -7.68. The van der Waals surface area contributed by atoms with Crippen molar-refractivity contribution in [2.75, 3.05) is 0 Å². The van der Waals surface area contributed by atoms with E-state index in [1.54, 1.807) is 0 Å². The first kappa shape index (κ1) is 32.6. The highest BCUT2D eigenvalue weighted by Crippen LogP contribution is 2.45. The van der Waals surface area contributed by atoms with Crippen LogP contribution in [0.25, 0.3) is 121 Å². The number of benzene rings is 10. The molecule has 12 aromatic rings. The molecule has 0 aliphatic heterocycles. The Balaban J connectivity index is 1.13. The summed E-state index contributed by atoms with van der Waals surface area (Å²) in [5, 5.41) is 9.29. The molecule has 0 N–H and O–H groups in total. The molecule has 0 spiro atoms. The number of hydrogen-bond acceptors (Lipinski definition) is 2. The van der Waals surface area contributed by atoms with Crippen molar-refractivity contribution in [1.29, 1.82) is 0 Å². The van der Waals surface area contributed by atoms with Crippen LogP contribution in [0.3, 0.4) is 0 Å². The molecule has 0 unspecified atom stereocenters. The third-order valence-electron chi connectivity index (χ3n) is 11.8. The molecule has 0 aliphatic rings. The van der Waals surface area contributed by atoms with Gasteiger partial charge in [-0.3, -0.25) is 0 Å². The van der Waals surface area contributed by atoms with E-state index in [2.05, 4.69) is 188 Å². The Bertz CT molecular complexity index is 3570. The topological polar surface area (TPSA) is 26.3 Å². The van der Waals surface area contributed by atoms with Gasteiger partial charge in [-0.1, -0.05) is 140 Å². The molecule has 12 rings (SSSR count). The van der Waals surface area contributed by atoms with Crippen LogP contribution in [0.2, 0.25) is 0 Å². The van der Waals surface area contributed by atoms with Gasteiger partial charge >= 0.3 is 0 Å². The van der Waals surface area contributed by atoms with Gasteiger partial charge < -0.3 is 8.83 Å². The first-order chi connectivity index (χ1) is 28.7. The Labute approximate surface area is 334 Å². The molecule has 0 amide bonds. The molecule has 0 aliphatic carbocycles. The lowest BCUT2D eigenvalue weighted by Crippen LogP contribution is -1.89. The average Bonchev–Trinajstić information content (AvgIpc) is 3.87. The van der Waals surface area contributed by atoms with E-state index < -0.39 is 0 Å². The van der Waals surface area contributed by atoms with Gasteiger partial charge in [0, 0.05) is 21.5 Å². The van der Waals surface area contributed by atoms with Crippen molar-refractivity contribution in [3.63, 3.8) is 0 Å². The van der Waals surface area contributed by atoms with E-state index >= 15 is 0 Å². The molecule has 0 atom stereocenters. The van der Waals surface area contributed by atoms with Gasteiger partial charge in [-0.15, -0.1) is 0 Å². The minimum Gasteiger partial charge on any atom is -0.456 e. The van der Waals surface area contributed by atoms with E-state index in [0.29, 0.717) is 0 Å². The normalized spacial score (nSPS) is 11.8. The Morgan fingerprint density at radius 1 is 0.224 bits per heavy atom. The third kappa shape index (κ3) is 5.34. The first-order valence-corrected chi connectivity index (χ1v) is 19.8. The van der Waals surface area contributed by atoms with Crippen LogP contribution in [0.15, 0.2) is 215 Å². The maximum atomic E-state index is 6.71. The quantitative estimate of drug-likeness (QED) is 0.176. The number of rotatable bonds is 5. The third-order valence-corrected chi connectivity index (χ3v) is 11.8. The Kier molecular flexibility index (Phi) is 7.26. The van der Waals surface area contributed by atoms with Crippen LogP contribution in [-0.4, -0.2) is 0 Å². The van der Waals surface area contributed by atoms with Gasteiger partial charge in [-0.2, -0.15) is 0 Å². The minimum atomic E-state index is 0.857. The van der Waals surface area contributed by atoms with Gasteiger partial charge in [-0.05, 0) is 144 Å². The molecule has 2 nitrogen and oxygen atoms in total. The van der Waals surface area contributed by atoms with Gasteiger partial charge in [0.15, 0.2) is 0 Å². The lowest BCUT2D eigenvalue weighted by Gasteiger charge is -2.15. The summed E-state index contributed by atoms with van der Waals surface area (Å²) in [6.45, 7) is 0. The summed E-state index contributed by atoms with van der Waals surface area (Å²) >= 11 is 0. The highest BCUT2D eigenvalue weighted by molar-refractivity contribution is 6.17. The first-order valence-electron chi connectivity index (χ1n) is 19.8. The van der Waals surface area contributed by atoms with Crippen molar-refractivity contribution in [3.8, 4) is 55.6 Å². The Morgan fingerprint density at radius 2 is 0.724 bits per heavy atom. The molecule has 0 bridgehead atoms. The van der Waals surface area contributed by atoms with Crippen LogP contribution >= 0.6 is 0 Å². The fourth-order valence-electron chi connectivity index (χ4n) is 8.97. The van der Waals surface area contributed by atoms with Crippen molar-refractivity contribution in [2.24, 2.45) is 0 Å². The van der Waals surface area contributed by atoms with Crippen molar-refractivity contribution in [3.05, 3.63) is 206 Å². The molecule has 0 fully saturated rings. The number of hydrogen-bond donors (Lipinski definition) is 0. The van der Waals surface area contributed by atoms with Crippen LogP contribution in [0, 0.1) is 0 Å². The number of furan rings is 2. The summed E-state index contributed by atoms with van der Waals surface area (Å²) in [6, 6.07) is 74.3. The molecule has 10 aromatic carbocycles. The second-order valence-corrected chi connectivity index (χ2v) is 15.3.